The lowest BCUT2D eigenvalue weighted by Gasteiger charge is -2.17. The number of methoxy groups -OCH3 is 1. The first-order chi connectivity index (χ1) is 11.0. The van der Waals surface area contributed by atoms with Crippen molar-refractivity contribution in [2.45, 2.75) is 24.9 Å². The van der Waals surface area contributed by atoms with Crippen molar-refractivity contribution in [3.8, 4) is 11.9 Å². The first-order valence-electron chi connectivity index (χ1n) is 6.93. The Balaban J connectivity index is 2.24. The molecule has 0 saturated carbocycles. The molecule has 2 aromatic rings. The van der Waals surface area contributed by atoms with E-state index in [1.165, 1.54) is 7.11 Å². The number of aliphatic hydroxyl groups excluding tert-OH is 2. The van der Waals surface area contributed by atoms with Crippen molar-refractivity contribution in [2.24, 2.45) is 0 Å². The maximum atomic E-state index is 9.97. The number of halogens is 2. The lowest BCUT2D eigenvalue weighted by atomic mass is 10.2. The summed E-state index contributed by atoms with van der Waals surface area (Å²) in [6.45, 7) is -0.295. The maximum Gasteiger partial charge on any atom is 0.214 e. The van der Waals surface area contributed by atoms with E-state index in [9.17, 15) is 15.5 Å². The Hall–Kier alpha value is -1.49. The summed E-state index contributed by atoms with van der Waals surface area (Å²) in [4.78, 5) is 0. The predicted octanol–water partition coefficient (Wildman–Crippen LogP) is 2.47. The van der Waals surface area contributed by atoms with Gasteiger partial charge < -0.3 is 19.7 Å². The molecule has 3 atom stereocenters. The molecule has 1 aliphatic heterocycles. The minimum atomic E-state index is -0.805. The van der Waals surface area contributed by atoms with Crippen LogP contribution < -0.4 is 4.74 Å². The number of hydrogen-bond acceptors (Lipinski definition) is 5. The molecule has 1 aliphatic rings. The highest BCUT2D eigenvalue weighted by Gasteiger charge is 2.37. The lowest BCUT2D eigenvalue weighted by molar-refractivity contribution is -0.0446. The molecule has 122 valence electrons. The highest BCUT2D eigenvalue weighted by Crippen LogP contribution is 2.42. The van der Waals surface area contributed by atoms with E-state index in [-0.39, 0.29) is 13.0 Å². The molecule has 8 heteroatoms. The summed E-state index contributed by atoms with van der Waals surface area (Å²) in [5, 5.41) is 29.9. The Labute approximate surface area is 142 Å². The van der Waals surface area contributed by atoms with Gasteiger partial charge in [0.2, 0.25) is 5.88 Å². The summed E-state index contributed by atoms with van der Waals surface area (Å²) < 4.78 is 12.7. The quantitative estimate of drug-likeness (QED) is 0.881. The number of rotatable bonds is 3. The van der Waals surface area contributed by atoms with E-state index < -0.39 is 18.4 Å². The zero-order chi connectivity index (χ0) is 16.7. The molecule has 2 N–H and O–H groups in total. The summed E-state index contributed by atoms with van der Waals surface area (Å²) >= 11 is 12.2. The molecule has 1 aromatic heterocycles. The van der Waals surface area contributed by atoms with E-state index in [1.54, 1.807) is 16.7 Å². The third kappa shape index (κ3) is 2.55. The van der Waals surface area contributed by atoms with Crippen LogP contribution >= 0.6 is 23.2 Å². The van der Waals surface area contributed by atoms with Crippen molar-refractivity contribution >= 4 is 34.1 Å². The van der Waals surface area contributed by atoms with E-state index in [4.69, 9.17) is 32.7 Å². The average molecular weight is 357 g/mol. The van der Waals surface area contributed by atoms with E-state index in [0.717, 1.165) is 0 Å². The van der Waals surface area contributed by atoms with Gasteiger partial charge in [0.25, 0.3) is 0 Å². The Kier molecular flexibility index (Phi) is 4.41. The second kappa shape index (κ2) is 6.19. The standard InChI is InChI=1S/C15H14Cl2N2O4/c1-22-15-8(5-18)7-2-9(16)10(17)3-11(7)19(15)14-4-12(21)13(6-20)23-14/h2-3,12-14,20-21H,4,6H2,1H3/t12?,13-,14-/m1/s1. The van der Waals surface area contributed by atoms with Crippen LogP contribution in [0.25, 0.3) is 10.9 Å². The molecular weight excluding hydrogens is 343 g/mol. The third-order valence-corrected chi connectivity index (χ3v) is 4.70. The molecule has 23 heavy (non-hydrogen) atoms. The number of benzene rings is 1. The van der Waals surface area contributed by atoms with Crippen molar-refractivity contribution in [1.82, 2.24) is 4.57 Å². The van der Waals surface area contributed by atoms with Crippen LogP contribution in [0.1, 0.15) is 18.2 Å². The fraction of sp³-hybridized carbons (Fsp3) is 0.400. The Bertz CT molecular complexity index is 799. The van der Waals surface area contributed by atoms with Gasteiger partial charge in [0.1, 0.15) is 24.0 Å². The van der Waals surface area contributed by atoms with Crippen LogP contribution in [0, 0.1) is 11.3 Å². The first-order valence-corrected chi connectivity index (χ1v) is 7.68. The van der Waals surface area contributed by atoms with Crippen molar-refractivity contribution < 1.29 is 19.7 Å². The second-order valence-electron chi connectivity index (χ2n) is 5.26. The summed E-state index contributed by atoms with van der Waals surface area (Å²) in [7, 11) is 1.45. The van der Waals surface area contributed by atoms with Gasteiger partial charge in [0, 0.05) is 11.8 Å². The first kappa shape index (κ1) is 16.4. The van der Waals surface area contributed by atoms with Gasteiger partial charge in [-0.15, -0.1) is 0 Å². The number of aromatic nitrogens is 1. The Morgan fingerprint density at radius 3 is 2.70 bits per heavy atom. The topological polar surface area (TPSA) is 87.6 Å². The van der Waals surface area contributed by atoms with Crippen LogP contribution in [-0.4, -0.2) is 40.7 Å². The molecule has 3 rings (SSSR count). The molecule has 0 bridgehead atoms. The van der Waals surface area contributed by atoms with Crippen LogP contribution in [0.2, 0.25) is 10.0 Å². The summed E-state index contributed by atoms with van der Waals surface area (Å²) in [5.41, 5.74) is 0.926. The number of hydrogen-bond donors (Lipinski definition) is 2. The minimum absolute atomic E-state index is 0.260. The van der Waals surface area contributed by atoms with Crippen molar-refractivity contribution in [2.75, 3.05) is 13.7 Å². The molecule has 0 amide bonds. The van der Waals surface area contributed by atoms with E-state index >= 15 is 0 Å². The van der Waals surface area contributed by atoms with Crippen LogP contribution in [0.15, 0.2) is 12.1 Å². The number of aliphatic hydroxyl groups is 2. The average Bonchev–Trinajstić information content (AvgIpc) is 3.04. The largest absolute Gasteiger partial charge is 0.481 e. The van der Waals surface area contributed by atoms with Gasteiger partial charge in [-0.1, -0.05) is 23.2 Å². The molecule has 1 fully saturated rings. The zero-order valence-electron chi connectivity index (χ0n) is 12.2. The highest BCUT2D eigenvalue weighted by atomic mass is 35.5. The van der Waals surface area contributed by atoms with Crippen molar-refractivity contribution in [3.05, 3.63) is 27.7 Å². The SMILES string of the molecule is COc1c(C#N)c2cc(Cl)c(Cl)cc2n1[C@H]1CC(O)[C@@H](CO)O1. The Morgan fingerprint density at radius 2 is 2.13 bits per heavy atom. The second-order valence-corrected chi connectivity index (χ2v) is 6.08. The molecular formula is C15H14Cl2N2O4. The van der Waals surface area contributed by atoms with Gasteiger partial charge in [0.05, 0.1) is 35.4 Å². The predicted molar refractivity (Wildman–Crippen MR) is 84.8 cm³/mol. The molecule has 0 aliphatic carbocycles. The number of fused-ring (bicyclic) bond motifs is 1. The normalized spacial score (nSPS) is 24.1. The molecule has 6 nitrogen and oxygen atoms in total. The van der Waals surface area contributed by atoms with E-state index in [2.05, 4.69) is 6.07 Å². The Morgan fingerprint density at radius 1 is 1.43 bits per heavy atom. The van der Waals surface area contributed by atoms with Gasteiger partial charge in [-0.3, -0.25) is 4.57 Å². The smallest absolute Gasteiger partial charge is 0.214 e. The lowest BCUT2D eigenvalue weighted by Crippen LogP contribution is -2.24. The highest BCUT2D eigenvalue weighted by molar-refractivity contribution is 6.42. The fourth-order valence-electron chi connectivity index (χ4n) is 2.91. The fourth-order valence-corrected chi connectivity index (χ4v) is 3.23. The van der Waals surface area contributed by atoms with Gasteiger partial charge in [-0.25, -0.2) is 0 Å². The molecule has 2 heterocycles. The molecule has 1 unspecified atom stereocenters. The van der Waals surface area contributed by atoms with Crippen LogP contribution in [-0.2, 0) is 4.74 Å². The minimum Gasteiger partial charge on any atom is -0.481 e. The van der Waals surface area contributed by atoms with E-state index in [1.807, 2.05) is 0 Å². The van der Waals surface area contributed by atoms with Crippen LogP contribution in [0.5, 0.6) is 5.88 Å². The van der Waals surface area contributed by atoms with Crippen LogP contribution in [0.3, 0.4) is 0 Å². The number of nitriles is 1. The number of ether oxygens (including phenoxy) is 2. The molecule has 0 spiro atoms. The molecule has 0 radical (unpaired) electrons. The third-order valence-electron chi connectivity index (χ3n) is 3.98. The van der Waals surface area contributed by atoms with E-state index in [0.29, 0.717) is 32.4 Å². The van der Waals surface area contributed by atoms with Gasteiger partial charge in [-0.2, -0.15) is 5.26 Å². The molecule has 1 saturated heterocycles. The van der Waals surface area contributed by atoms with Crippen LogP contribution in [0.4, 0.5) is 0 Å². The van der Waals surface area contributed by atoms with Gasteiger partial charge >= 0.3 is 0 Å². The van der Waals surface area contributed by atoms with Crippen molar-refractivity contribution in [3.63, 3.8) is 0 Å². The van der Waals surface area contributed by atoms with Gasteiger partial charge in [-0.05, 0) is 12.1 Å². The summed E-state index contributed by atoms with van der Waals surface area (Å²) in [6, 6.07) is 5.33. The monoisotopic (exact) mass is 356 g/mol. The van der Waals surface area contributed by atoms with Gasteiger partial charge in [0.15, 0.2) is 0 Å². The summed E-state index contributed by atoms with van der Waals surface area (Å²) in [6.07, 6.45) is -1.81. The zero-order valence-corrected chi connectivity index (χ0v) is 13.7. The summed E-state index contributed by atoms with van der Waals surface area (Å²) in [5.74, 6) is 0.302. The number of nitrogens with zero attached hydrogens (tertiary/aromatic N) is 2. The van der Waals surface area contributed by atoms with Crippen molar-refractivity contribution in [1.29, 1.82) is 5.26 Å². The molecule has 1 aromatic carbocycles. The maximum absolute atomic E-state index is 9.97.